The third-order valence-electron chi connectivity index (χ3n) is 6.51. The highest BCUT2D eigenvalue weighted by atomic mass is 32.1. The predicted molar refractivity (Wildman–Crippen MR) is 132 cm³/mol. The quantitative estimate of drug-likeness (QED) is 0.328. The smallest absolute Gasteiger partial charge is 0.335 e. The van der Waals surface area contributed by atoms with Crippen LogP contribution in [-0.4, -0.2) is 28.4 Å². The van der Waals surface area contributed by atoms with Crippen molar-refractivity contribution in [2.45, 2.75) is 71.3 Å². The van der Waals surface area contributed by atoms with E-state index in [9.17, 15) is 15.0 Å². The van der Waals surface area contributed by atoms with Gasteiger partial charge in [0.2, 0.25) is 0 Å². The highest BCUT2D eigenvalue weighted by Crippen LogP contribution is 2.36. The van der Waals surface area contributed by atoms with E-state index in [1.54, 1.807) is 23.5 Å². The van der Waals surface area contributed by atoms with Gasteiger partial charge < -0.3 is 14.9 Å². The number of rotatable bonds is 11. The van der Waals surface area contributed by atoms with Crippen LogP contribution in [0.1, 0.15) is 78.7 Å². The van der Waals surface area contributed by atoms with Gasteiger partial charge in [0.25, 0.3) is 0 Å². The van der Waals surface area contributed by atoms with Crippen LogP contribution in [0.5, 0.6) is 5.75 Å². The Bertz CT molecular complexity index is 1060. The second kappa shape index (κ2) is 10.5. The fraction of sp³-hybridized carbons (Fsp3) is 0.444. The van der Waals surface area contributed by atoms with Gasteiger partial charge in [-0.3, -0.25) is 0 Å². The Hall–Kier alpha value is -2.37. The van der Waals surface area contributed by atoms with Gasteiger partial charge in [-0.05, 0) is 85.7 Å². The number of carboxylic acid groups (broad SMARTS) is 1. The number of benzene rings is 2. The number of aryl methyl sites for hydroxylation is 2. The molecule has 4 nitrogen and oxygen atoms in total. The van der Waals surface area contributed by atoms with Crippen LogP contribution in [0.3, 0.4) is 0 Å². The highest BCUT2D eigenvalue weighted by molar-refractivity contribution is 7.19. The molecule has 0 saturated carbocycles. The summed E-state index contributed by atoms with van der Waals surface area (Å²) >= 11 is 1.71. The Morgan fingerprint density at radius 2 is 1.84 bits per heavy atom. The van der Waals surface area contributed by atoms with E-state index < -0.39 is 11.6 Å². The standard InChI is InChI=1S/C27H34O4S/c1-5-20(24-15-21-11-12-22(26(28)29)16-25(21)32-24)10-8-19-9-13-23(18(4)14-19)31-17-27(30,6-2)7-3/h9,11-16,20,30H,5-8,10,17H2,1-4H3,(H,28,29). The first-order valence-corrected chi connectivity index (χ1v) is 12.3. The van der Waals surface area contributed by atoms with Gasteiger partial charge in [0, 0.05) is 9.58 Å². The molecule has 0 aliphatic carbocycles. The molecule has 0 aliphatic heterocycles. The monoisotopic (exact) mass is 454 g/mol. The average Bonchev–Trinajstić information content (AvgIpc) is 3.21. The maximum atomic E-state index is 11.3. The van der Waals surface area contributed by atoms with Crippen LogP contribution in [-0.2, 0) is 6.42 Å². The summed E-state index contributed by atoms with van der Waals surface area (Å²) in [5, 5.41) is 20.8. The van der Waals surface area contributed by atoms with Crippen molar-refractivity contribution in [3.05, 3.63) is 64.0 Å². The van der Waals surface area contributed by atoms with Gasteiger partial charge in [0.05, 0.1) is 11.2 Å². The lowest BCUT2D eigenvalue weighted by molar-refractivity contribution is -0.0115. The van der Waals surface area contributed by atoms with E-state index in [4.69, 9.17) is 4.74 Å². The van der Waals surface area contributed by atoms with Crippen LogP contribution >= 0.6 is 11.3 Å². The summed E-state index contributed by atoms with van der Waals surface area (Å²) in [6.45, 7) is 8.54. The number of fused-ring (bicyclic) bond motifs is 1. The highest BCUT2D eigenvalue weighted by Gasteiger charge is 2.23. The molecule has 1 atom stereocenters. The number of carbonyl (C=O) groups is 1. The molecule has 2 N–H and O–H groups in total. The number of ether oxygens (including phenoxy) is 1. The number of aromatic carboxylic acids is 1. The Labute approximate surface area is 194 Å². The molecule has 1 aromatic heterocycles. The van der Waals surface area contributed by atoms with Crippen LogP contribution < -0.4 is 4.74 Å². The zero-order valence-electron chi connectivity index (χ0n) is 19.5. The van der Waals surface area contributed by atoms with Crippen molar-refractivity contribution in [2.24, 2.45) is 0 Å². The van der Waals surface area contributed by atoms with Gasteiger partial charge in [-0.15, -0.1) is 11.3 Å². The van der Waals surface area contributed by atoms with Crippen LogP contribution in [0.25, 0.3) is 10.1 Å². The van der Waals surface area contributed by atoms with E-state index >= 15 is 0 Å². The van der Waals surface area contributed by atoms with Crippen LogP contribution in [0.2, 0.25) is 0 Å². The number of hydrogen-bond acceptors (Lipinski definition) is 4. The molecule has 1 heterocycles. The minimum absolute atomic E-state index is 0.313. The summed E-state index contributed by atoms with van der Waals surface area (Å²) < 4.78 is 6.96. The largest absolute Gasteiger partial charge is 0.490 e. The SMILES string of the molecule is CCC(CCc1ccc(OCC(O)(CC)CC)c(C)c1)c1cc2ccc(C(=O)O)cc2s1. The maximum absolute atomic E-state index is 11.3. The molecule has 0 radical (unpaired) electrons. The lowest BCUT2D eigenvalue weighted by atomic mass is 9.94. The minimum atomic E-state index is -0.884. The molecular formula is C27H34O4S. The molecule has 172 valence electrons. The topological polar surface area (TPSA) is 66.8 Å². The summed E-state index contributed by atoms with van der Waals surface area (Å²) in [5.41, 5.74) is 1.94. The van der Waals surface area contributed by atoms with Crippen molar-refractivity contribution in [1.29, 1.82) is 0 Å². The molecule has 32 heavy (non-hydrogen) atoms. The van der Waals surface area contributed by atoms with Crippen molar-refractivity contribution < 1.29 is 19.7 Å². The zero-order valence-corrected chi connectivity index (χ0v) is 20.3. The summed E-state index contributed by atoms with van der Waals surface area (Å²) in [4.78, 5) is 12.6. The number of thiophene rings is 1. The molecule has 2 aromatic carbocycles. The Kier molecular flexibility index (Phi) is 7.96. The molecule has 0 saturated heterocycles. The summed E-state index contributed by atoms with van der Waals surface area (Å²) in [6, 6.07) is 13.9. The van der Waals surface area contributed by atoms with Crippen molar-refractivity contribution >= 4 is 27.4 Å². The average molecular weight is 455 g/mol. The zero-order chi connectivity index (χ0) is 23.3. The van der Waals surface area contributed by atoms with E-state index in [1.807, 2.05) is 26.0 Å². The van der Waals surface area contributed by atoms with Crippen LogP contribution in [0, 0.1) is 6.92 Å². The molecule has 0 aliphatic rings. The van der Waals surface area contributed by atoms with E-state index in [1.165, 1.54) is 10.4 Å². The Balaban J connectivity index is 1.66. The first-order chi connectivity index (χ1) is 15.3. The molecule has 0 spiro atoms. The van der Waals surface area contributed by atoms with Gasteiger partial charge in [0.15, 0.2) is 0 Å². The van der Waals surface area contributed by atoms with Crippen molar-refractivity contribution in [2.75, 3.05) is 6.61 Å². The first-order valence-electron chi connectivity index (χ1n) is 11.5. The Morgan fingerprint density at radius 3 is 2.47 bits per heavy atom. The number of carboxylic acids is 1. The molecule has 0 fully saturated rings. The van der Waals surface area contributed by atoms with Gasteiger partial charge in [-0.2, -0.15) is 0 Å². The third kappa shape index (κ3) is 5.70. The van der Waals surface area contributed by atoms with E-state index in [-0.39, 0.29) is 0 Å². The third-order valence-corrected chi connectivity index (χ3v) is 7.77. The van der Waals surface area contributed by atoms with E-state index in [2.05, 4.69) is 32.0 Å². The summed E-state index contributed by atoms with van der Waals surface area (Å²) in [5.74, 6) is 0.395. The molecule has 5 heteroatoms. The van der Waals surface area contributed by atoms with Crippen molar-refractivity contribution in [1.82, 2.24) is 0 Å². The van der Waals surface area contributed by atoms with Gasteiger partial charge >= 0.3 is 5.97 Å². The molecular weight excluding hydrogens is 420 g/mol. The second-order valence-corrected chi connectivity index (χ2v) is 9.79. The lowest BCUT2D eigenvalue weighted by Gasteiger charge is -2.25. The molecule has 0 amide bonds. The van der Waals surface area contributed by atoms with E-state index in [0.717, 1.165) is 40.7 Å². The fourth-order valence-electron chi connectivity index (χ4n) is 3.97. The summed E-state index contributed by atoms with van der Waals surface area (Å²) in [7, 11) is 0. The van der Waals surface area contributed by atoms with E-state index in [0.29, 0.717) is 30.9 Å². The van der Waals surface area contributed by atoms with Crippen molar-refractivity contribution in [3.8, 4) is 5.75 Å². The first kappa shape index (κ1) is 24.3. The molecule has 3 aromatic rings. The number of hydrogen-bond donors (Lipinski definition) is 2. The van der Waals surface area contributed by atoms with Gasteiger partial charge in [-0.1, -0.05) is 39.0 Å². The van der Waals surface area contributed by atoms with Crippen molar-refractivity contribution in [3.63, 3.8) is 0 Å². The normalized spacial score (nSPS) is 12.8. The van der Waals surface area contributed by atoms with Crippen LogP contribution in [0.15, 0.2) is 42.5 Å². The second-order valence-electron chi connectivity index (χ2n) is 8.67. The molecule has 1 unspecified atom stereocenters. The predicted octanol–water partition coefficient (Wildman–Crippen LogP) is 6.96. The maximum Gasteiger partial charge on any atom is 0.335 e. The number of aliphatic hydroxyl groups is 1. The Morgan fingerprint density at radius 1 is 1.09 bits per heavy atom. The van der Waals surface area contributed by atoms with Gasteiger partial charge in [-0.25, -0.2) is 4.79 Å². The minimum Gasteiger partial charge on any atom is -0.490 e. The van der Waals surface area contributed by atoms with Gasteiger partial charge in [0.1, 0.15) is 12.4 Å². The van der Waals surface area contributed by atoms with Crippen LogP contribution in [0.4, 0.5) is 0 Å². The molecule has 3 rings (SSSR count). The summed E-state index contributed by atoms with van der Waals surface area (Å²) in [6.07, 6.45) is 4.41. The lowest BCUT2D eigenvalue weighted by Crippen LogP contribution is -2.34. The molecule has 0 bridgehead atoms. The fourth-order valence-corrected chi connectivity index (χ4v) is 5.29.